The molecule has 1 aromatic heterocycles. The Morgan fingerprint density at radius 3 is 2.37 bits per heavy atom. The second kappa shape index (κ2) is 10.9. The fourth-order valence-corrected chi connectivity index (χ4v) is 4.58. The van der Waals surface area contributed by atoms with Gasteiger partial charge in [-0.15, -0.1) is 0 Å². The van der Waals surface area contributed by atoms with Crippen LogP contribution in [0.3, 0.4) is 0 Å². The van der Waals surface area contributed by atoms with Crippen molar-refractivity contribution in [1.29, 1.82) is 0 Å². The van der Waals surface area contributed by atoms with E-state index >= 15 is 0 Å². The maximum Gasteiger partial charge on any atom is 0.236 e. The molecular weight excluding hydrogens is 382 g/mol. The third-order valence-corrected chi connectivity index (χ3v) is 6.07. The summed E-state index contributed by atoms with van der Waals surface area (Å²) in [5.74, 6) is 2.94. The lowest BCUT2D eigenvalue weighted by atomic mass is 9.92. The molecular formula is C22H37N5O3. The molecule has 0 aliphatic carbocycles. The van der Waals surface area contributed by atoms with Crippen molar-refractivity contribution in [2.45, 2.75) is 59.3 Å². The number of piperazine rings is 1. The molecule has 30 heavy (non-hydrogen) atoms. The van der Waals surface area contributed by atoms with E-state index in [1.807, 2.05) is 9.80 Å². The third kappa shape index (κ3) is 6.52. The van der Waals surface area contributed by atoms with Crippen molar-refractivity contribution < 1.29 is 14.1 Å². The van der Waals surface area contributed by atoms with Crippen LogP contribution in [-0.2, 0) is 22.4 Å². The van der Waals surface area contributed by atoms with Gasteiger partial charge >= 0.3 is 0 Å². The van der Waals surface area contributed by atoms with E-state index in [1.165, 1.54) is 6.42 Å². The van der Waals surface area contributed by atoms with E-state index in [0.29, 0.717) is 50.2 Å². The number of aryl methyl sites for hydroxylation is 2. The zero-order valence-corrected chi connectivity index (χ0v) is 18.8. The first-order chi connectivity index (χ1) is 14.4. The van der Waals surface area contributed by atoms with Crippen LogP contribution in [0.25, 0.3) is 0 Å². The SMILES string of the molecule is CCCc1noc(CCCC(=O)N2CCN(CC(=O)N3CC(C)CC(C)C3)CC2)n1. The van der Waals surface area contributed by atoms with E-state index in [2.05, 4.69) is 35.8 Å². The van der Waals surface area contributed by atoms with Crippen LogP contribution in [0.15, 0.2) is 4.52 Å². The van der Waals surface area contributed by atoms with Gasteiger partial charge in [0, 0.05) is 58.5 Å². The van der Waals surface area contributed by atoms with Crippen LogP contribution in [0.5, 0.6) is 0 Å². The number of carbonyl (C=O) groups excluding carboxylic acids is 2. The van der Waals surface area contributed by atoms with Crippen molar-refractivity contribution in [2.24, 2.45) is 11.8 Å². The Kier molecular flexibility index (Phi) is 8.24. The van der Waals surface area contributed by atoms with Gasteiger partial charge in [0.15, 0.2) is 5.82 Å². The second-order valence-electron chi connectivity index (χ2n) is 9.11. The van der Waals surface area contributed by atoms with Crippen molar-refractivity contribution >= 4 is 11.8 Å². The van der Waals surface area contributed by atoms with Gasteiger partial charge in [0.1, 0.15) is 0 Å². The topological polar surface area (TPSA) is 82.8 Å². The lowest BCUT2D eigenvalue weighted by Gasteiger charge is -2.38. The fourth-order valence-electron chi connectivity index (χ4n) is 4.58. The Hall–Kier alpha value is -1.96. The molecule has 0 saturated carbocycles. The number of likely N-dealkylation sites (tertiary alicyclic amines) is 1. The average molecular weight is 420 g/mol. The number of carbonyl (C=O) groups is 2. The molecule has 3 heterocycles. The van der Waals surface area contributed by atoms with Crippen LogP contribution < -0.4 is 0 Å². The molecule has 2 saturated heterocycles. The molecule has 1 aromatic rings. The van der Waals surface area contributed by atoms with Gasteiger partial charge in [-0.1, -0.05) is 25.9 Å². The predicted molar refractivity (Wildman–Crippen MR) is 114 cm³/mol. The summed E-state index contributed by atoms with van der Waals surface area (Å²) >= 11 is 0. The molecule has 8 heteroatoms. The highest BCUT2D eigenvalue weighted by Crippen LogP contribution is 2.21. The number of hydrogen-bond acceptors (Lipinski definition) is 6. The molecule has 2 fully saturated rings. The van der Waals surface area contributed by atoms with Crippen molar-refractivity contribution in [3.63, 3.8) is 0 Å². The average Bonchev–Trinajstić information content (AvgIpc) is 3.15. The molecule has 8 nitrogen and oxygen atoms in total. The first-order valence-electron chi connectivity index (χ1n) is 11.5. The minimum Gasteiger partial charge on any atom is -0.341 e. The summed E-state index contributed by atoms with van der Waals surface area (Å²) < 4.78 is 5.23. The van der Waals surface area contributed by atoms with Crippen LogP contribution in [0.2, 0.25) is 0 Å². The van der Waals surface area contributed by atoms with Crippen LogP contribution in [-0.4, -0.2) is 82.5 Å². The molecule has 2 amide bonds. The molecule has 2 unspecified atom stereocenters. The maximum absolute atomic E-state index is 12.7. The standard InChI is InChI=1S/C22H37N5O3/c1-4-6-19-23-20(30-24-19)7-5-8-21(28)26-11-9-25(10-12-26)16-22(29)27-14-17(2)13-18(3)15-27/h17-18H,4-16H2,1-3H3. The van der Waals surface area contributed by atoms with Gasteiger partial charge in [0.25, 0.3) is 0 Å². The summed E-state index contributed by atoms with van der Waals surface area (Å²) in [7, 11) is 0. The van der Waals surface area contributed by atoms with Crippen molar-refractivity contribution in [3.8, 4) is 0 Å². The molecule has 0 N–H and O–H groups in total. The molecule has 0 radical (unpaired) electrons. The van der Waals surface area contributed by atoms with Crippen LogP contribution in [0, 0.1) is 11.8 Å². The highest BCUT2D eigenvalue weighted by atomic mass is 16.5. The summed E-state index contributed by atoms with van der Waals surface area (Å²) in [6.07, 6.45) is 4.88. The van der Waals surface area contributed by atoms with Gasteiger partial charge in [0.05, 0.1) is 6.54 Å². The monoisotopic (exact) mass is 419 g/mol. The molecule has 0 spiro atoms. The van der Waals surface area contributed by atoms with Crippen LogP contribution in [0.4, 0.5) is 0 Å². The highest BCUT2D eigenvalue weighted by Gasteiger charge is 2.28. The Balaban J connectivity index is 1.34. The largest absolute Gasteiger partial charge is 0.341 e. The molecule has 0 bridgehead atoms. The van der Waals surface area contributed by atoms with Crippen LogP contribution >= 0.6 is 0 Å². The normalized spacial score (nSPS) is 23.0. The molecule has 3 rings (SSSR count). The van der Waals surface area contributed by atoms with Gasteiger partial charge in [-0.05, 0) is 31.1 Å². The summed E-state index contributed by atoms with van der Waals surface area (Å²) in [6.45, 7) is 11.7. The Labute approximate surface area is 180 Å². The van der Waals surface area contributed by atoms with E-state index in [-0.39, 0.29) is 11.8 Å². The number of aromatic nitrogens is 2. The summed E-state index contributed by atoms with van der Waals surface area (Å²) in [5.41, 5.74) is 0. The molecule has 168 valence electrons. The van der Waals surface area contributed by atoms with E-state index in [0.717, 1.165) is 51.3 Å². The summed E-state index contributed by atoms with van der Waals surface area (Å²) in [4.78, 5) is 35.7. The smallest absolute Gasteiger partial charge is 0.236 e. The van der Waals surface area contributed by atoms with Gasteiger partial charge < -0.3 is 14.3 Å². The highest BCUT2D eigenvalue weighted by molar-refractivity contribution is 5.78. The fraction of sp³-hybridized carbons (Fsp3) is 0.818. The van der Waals surface area contributed by atoms with Crippen molar-refractivity contribution in [1.82, 2.24) is 24.8 Å². The number of piperidine rings is 1. The van der Waals surface area contributed by atoms with Crippen LogP contribution in [0.1, 0.15) is 58.2 Å². The Bertz CT molecular complexity index is 689. The summed E-state index contributed by atoms with van der Waals surface area (Å²) in [5, 5.41) is 3.95. The number of hydrogen-bond donors (Lipinski definition) is 0. The van der Waals surface area contributed by atoms with E-state index < -0.39 is 0 Å². The number of nitrogens with zero attached hydrogens (tertiary/aromatic N) is 5. The minimum absolute atomic E-state index is 0.174. The van der Waals surface area contributed by atoms with Crippen molar-refractivity contribution in [3.05, 3.63) is 11.7 Å². The predicted octanol–water partition coefficient (Wildman–Crippen LogP) is 1.99. The molecule has 0 aromatic carbocycles. The zero-order valence-electron chi connectivity index (χ0n) is 18.8. The summed E-state index contributed by atoms with van der Waals surface area (Å²) in [6, 6.07) is 0. The Morgan fingerprint density at radius 1 is 1.00 bits per heavy atom. The van der Waals surface area contributed by atoms with Gasteiger partial charge in [0.2, 0.25) is 17.7 Å². The number of rotatable bonds is 8. The minimum atomic E-state index is 0.174. The molecule has 2 aliphatic rings. The third-order valence-electron chi connectivity index (χ3n) is 6.07. The Morgan fingerprint density at radius 2 is 1.70 bits per heavy atom. The van der Waals surface area contributed by atoms with Gasteiger partial charge in [-0.3, -0.25) is 14.5 Å². The van der Waals surface area contributed by atoms with E-state index in [1.54, 1.807) is 0 Å². The second-order valence-corrected chi connectivity index (χ2v) is 9.11. The quantitative estimate of drug-likeness (QED) is 0.641. The lowest BCUT2D eigenvalue weighted by Crippen LogP contribution is -2.53. The maximum atomic E-state index is 12.7. The molecule has 2 atom stereocenters. The zero-order chi connectivity index (χ0) is 21.5. The first kappa shape index (κ1) is 22.7. The van der Waals surface area contributed by atoms with Gasteiger partial charge in [-0.2, -0.15) is 4.98 Å². The first-order valence-corrected chi connectivity index (χ1v) is 11.5. The van der Waals surface area contributed by atoms with E-state index in [4.69, 9.17) is 4.52 Å². The number of amides is 2. The van der Waals surface area contributed by atoms with E-state index in [9.17, 15) is 9.59 Å². The molecule has 2 aliphatic heterocycles. The lowest BCUT2D eigenvalue weighted by molar-refractivity contribution is -0.136. The van der Waals surface area contributed by atoms with Gasteiger partial charge in [-0.25, -0.2) is 0 Å². The van der Waals surface area contributed by atoms with Crippen molar-refractivity contribution in [2.75, 3.05) is 45.8 Å².